The lowest BCUT2D eigenvalue weighted by atomic mass is 9.67. The van der Waals surface area contributed by atoms with Crippen LogP contribution in [0.5, 0.6) is 0 Å². The van der Waals surface area contributed by atoms with E-state index < -0.39 is 54.8 Å². The largest absolute Gasteiger partial charge is 0.748 e. The normalized spacial score (nSPS) is 43.0. The molecule has 0 radical (unpaired) electrons. The third-order valence-electron chi connectivity index (χ3n) is 4.39. The molecule has 2 fully saturated rings. The second-order valence-corrected chi connectivity index (χ2v) is 8.95. The third-order valence-corrected chi connectivity index (χ3v) is 6.79. The summed E-state index contributed by atoms with van der Waals surface area (Å²) < 4.78 is 66.3. The van der Waals surface area contributed by atoms with E-state index in [2.05, 4.69) is 0 Å². The molecule has 4 atom stereocenters. The number of hydrogen-bond donors (Lipinski definition) is 2. The molecule has 0 bridgehead atoms. The van der Waals surface area contributed by atoms with E-state index in [1.54, 1.807) is 0 Å². The molecule has 0 saturated heterocycles. The van der Waals surface area contributed by atoms with Crippen molar-refractivity contribution in [1.82, 2.24) is 0 Å². The van der Waals surface area contributed by atoms with Gasteiger partial charge in [-0.3, -0.25) is 0 Å². The third kappa shape index (κ3) is 3.15. The molecular weight excluding hydrogens is 312 g/mol. The van der Waals surface area contributed by atoms with Gasteiger partial charge in [0.05, 0.1) is 42.9 Å². The van der Waals surface area contributed by atoms with Gasteiger partial charge in [-0.15, -0.1) is 0 Å². The zero-order chi connectivity index (χ0) is 15.3. The van der Waals surface area contributed by atoms with Crippen molar-refractivity contribution in [3.63, 3.8) is 0 Å². The first kappa shape index (κ1) is 16.1. The number of rotatable bonds is 2. The van der Waals surface area contributed by atoms with Crippen molar-refractivity contribution in [2.45, 2.75) is 48.4 Å². The van der Waals surface area contributed by atoms with Crippen molar-refractivity contribution in [3.05, 3.63) is 0 Å². The van der Waals surface area contributed by atoms with Gasteiger partial charge >= 0.3 is 0 Å². The monoisotopic (exact) mass is 328 g/mol. The van der Waals surface area contributed by atoms with Crippen LogP contribution in [0.4, 0.5) is 0 Å². The Bertz CT molecular complexity index is 518. The predicted molar refractivity (Wildman–Crippen MR) is 64.4 cm³/mol. The van der Waals surface area contributed by atoms with Crippen LogP contribution in [0, 0.1) is 11.8 Å². The highest BCUT2D eigenvalue weighted by Gasteiger charge is 2.47. The molecule has 0 aromatic heterocycles. The molecule has 0 aromatic rings. The smallest absolute Gasteiger partial charge is 0.0976 e. The Labute approximate surface area is 117 Å². The van der Waals surface area contributed by atoms with Crippen LogP contribution in [-0.2, 0) is 20.2 Å². The van der Waals surface area contributed by atoms with E-state index in [-0.39, 0.29) is 25.7 Å². The van der Waals surface area contributed by atoms with Gasteiger partial charge in [0.15, 0.2) is 0 Å². The van der Waals surface area contributed by atoms with Gasteiger partial charge in [0.2, 0.25) is 0 Å². The molecule has 10 heteroatoms. The summed E-state index contributed by atoms with van der Waals surface area (Å²) >= 11 is 0. The zero-order valence-corrected chi connectivity index (χ0v) is 12.1. The van der Waals surface area contributed by atoms with Crippen molar-refractivity contribution >= 4 is 20.2 Å². The first-order valence-electron chi connectivity index (χ1n) is 6.25. The van der Waals surface area contributed by atoms with Gasteiger partial charge in [0, 0.05) is 5.92 Å². The summed E-state index contributed by atoms with van der Waals surface area (Å²) in [7, 11) is -9.20. The average Bonchev–Trinajstić information content (AvgIpc) is 2.25. The summed E-state index contributed by atoms with van der Waals surface area (Å²) in [6, 6.07) is 0. The van der Waals surface area contributed by atoms with Gasteiger partial charge in [-0.2, -0.15) is 0 Å². The molecule has 4 unspecified atom stereocenters. The van der Waals surface area contributed by atoms with Crippen molar-refractivity contribution in [1.29, 1.82) is 0 Å². The average molecular weight is 328 g/mol. The molecular formula is C10H16O8S2-2. The van der Waals surface area contributed by atoms with Crippen LogP contribution in [0.1, 0.15) is 25.7 Å². The molecule has 2 rings (SSSR count). The molecule has 0 aliphatic heterocycles. The lowest BCUT2D eigenvalue weighted by molar-refractivity contribution is -0.0658. The summed E-state index contributed by atoms with van der Waals surface area (Å²) in [6.07, 6.45) is -3.16. The molecule has 118 valence electrons. The minimum atomic E-state index is -4.60. The topological polar surface area (TPSA) is 155 Å². The summed E-state index contributed by atoms with van der Waals surface area (Å²) in [5.41, 5.74) is 0. The highest BCUT2D eigenvalue weighted by Crippen LogP contribution is 2.43. The maximum atomic E-state index is 11.1. The van der Waals surface area contributed by atoms with Crippen LogP contribution < -0.4 is 0 Å². The van der Waals surface area contributed by atoms with Crippen LogP contribution in [0.25, 0.3) is 0 Å². The van der Waals surface area contributed by atoms with Gasteiger partial charge in [0.1, 0.15) is 0 Å². The predicted octanol–water partition coefficient (Wildman–Crippen LogP) is -1.64. The Kier molecular flexibility index (Phi) is 4.17. The maximum Gasteiger partial charge on any atom is 0.0976 e. The SMILES string of the molecule is O=S(=O)([O-])C1CC(O)C2C(O)CC(S(=O)(=O)[O-])CC2C1. The molecule has 2 aliphatic carbocycles. The Morgan fingerprint density at radius 1 is 0.750 bits per heavy atom. The number of aliphatic hydroxyl groups is 2. The van der Waals surface area contributed by atoms with Crippen molar-refractivity contribution in [2.24, 2.45) is 11.8 Å². The molecule has 2 saturated carbocycles. The van der Waals surface area contributed by atoms with Gasteiger partial charge < -0.3 is 19.3 Å². The van der Waals surface area contributed by atoms with Crippen LogP contribution in [0.2, 0.25) is 0 Å². The number of fused-ring (bicyclic) bond motifs is 1. The van der Waals surface area contributed by atoms with E-state index in [0.29, 0.717) is 0 Å². The van der Waals surface area contributed by atoms with E-state index in [1.165, 1.54) is 0 Å². The molecule has 0 heterocycles. The van der Waals surface area contributed by atoms with Crippen LogP contribution in [-0.4, -0.2) is 58.9 Å². The molecule has 2 aliphatic rings. The fraction of sp³-hybridized carbons (Fsp3) is 1.00. The van der Waals surface area contributed by atoms with Gasteiger partial charge in [-0.05, 0) is 31.6 Å². The maximum absolute atomic E-state index is 11.1. The molecule has 0 aromatic carbocycles. The Morgan fingerprint density at radius 2 is 1.10 bits per heavy atom. The lowest BCUT2D eigenvalue weighted by Gasteiger charge is -2.47. The Hall–Kier alpha value is -0.260. The van der Waals surface area contributed by atoms with Crippen LogP contribution >= 0.6 is 0 Å². The van der Waals surface area contributed by atoms with E-state index >= 15 is 0 Å². The highest BCUT2D eigenvalue weighted by atomic mass is 32.2. The van der Waals surface area contributed by atoms with Gasteiger partial charge in [-0.1, -0.05) is 0 Å². The minimum absolute atomic E-state index is 0.128. The Balaban J connectivity index is 2.25. The Morgan fingerprint density at radius 3 is 1.40 bits per heavy atom. The molecule has 8 nitrogen and oxygen atoms in total. The standard InChI is InChI=1S/C10H18O8S2/c11-8-3-6(19(13,14)15)1-5-2-7(20(16,17)18)4-9(12)10(5)8/h5-12H,1-4H2,(H,13,14,15)(H,16,17,18)/p-2. The molecule has 20 heavy (non-hydrogen) atoms. The quantitative estimate of drug-likeness (QED) is 0.571. The first-order valence-corrected chi connectivity index (χ1v) is 9.20. The summed E-state index contributed by atoms with van der Waals surface area (Å²) in [4.78, 5) is 0. The zero-order valence-electron chi connectivity index (χ0n) is 10.5. The lowest BCUT2D eigenvalue weighted by Crippen LogP contribution is -2.52. The number of aliphatic hydroxyl groups excluding tert-OH is 2. The van der Waals surface area contributed by atoms with Crippen LogP contribution in [0.15, 0.2) is 0 Å². The molecule has 0 spiro atoms. The van der Waals surface area contributed by atoms with E-state index in [9.17, 15) is 36.2 Å². The molecule has 0 amide bonds. The molecule has 2 N–H and O–H groups in total. The summed E-state index contributed by atoms with van der Waals surface area (Å²) in [5, 5.41) is 17.2. The second kappa shape index (κ2) is 5.18. The fourth-order valence-electron chi connectivity index (χ4n) is 3.49. The van der Waals surface area contributed by atoms with Crippen molar-refractivity contribution in [2.75, 3.05) is 0 Å². The van der Waals surface area contributed by atoms with E-state index in [4.69, 9.17) is 0 Å². The minimum Gasteiger partial charge on any atom is -0.748 e. The van der Waals surface area contributed by atoms with E-state index in [0.717, 1.165) is 0 Å². The van der Waals surface area contributed by atoms with Crippen LogP contribution in [0.3, 0.4) is 0 Å². The summed E-state index contributed by atoms with van der Waals surface area (Å²) in [6.45, 7) is 0. The first-order chi connectivity index (χ1) is 9.00. The van der Waals surface area contributed by atoms with Crippen molar-refractivity contribution in [3.8, 4) is 0 Å². The fourth-order valence-corrected chi connectivity index (χ4v) is 5.32. The highest BCUT2D eigenvalue weighted by molar-refractivity contribution is 7.86. The van der Waals surface area contributed by atoms with Crippen molar-refractivity contribution < 1.29 is 36.2 Å². The van der Waals surface area contributed by atoms with Gasteiger partial charge in [0.25, 0.3) is 0 Å². The second-order valence-electron chi connectivity index (χ2n) is 5.64. The van der Waals surface area contributed by atoms with Gasteiger partial charge in [-0.25, -0.2) is 16.8 Å². The number of hydrogen-bond acceptors (Lipinski definition) is 8. The van der Waals surface area contributed by atoms with E-state index in [1.807, 2.05) is 0 Å². The summed E-state index contributed by atoms with van der Waals surface area (Å²) in [5.74, 6) is -1.35.